The molecular weight excluding hydrogens is 332 g/mol. The Morgan fingerprint density at radius 2 is 1.76 bits per heavy atom. The summed E-state index contributed by atoms with van der Waals surface area (Å²) in [6.45, 7) is 5.98. The van der Waals surface area contributed by atoms with Crippen molar-refractivity contribution in [1.29, 1.82) is 0 Å². The Kier molecular flexibility index (Phi) is 5.34. The lowest BCUT2D eigenvalue weighted by Gasteiger charge is -2.08. The van der Waals surface area contributed by atoms with Crippen molar-refractivity contribution in [2.24, 2.45) is 0 Å². The number of hydrogen-bond acceptors (Lipinski definition) is 5. The van der Waals surface area contributed by atoms with Crippen molar-refractivity contribution >= 4 is 17.5 Å². The van der Waals surface area contributed by atoms with Crippen molar-refractivity contribution in [2.45, 2.75) is 37.7 Å². The fraction of sp³-hybridized carbons (Fsp3) is 0.250. The van der Waals surface area contributed by atoms with E-state index in [0.717, 1.165) is 12.0 Å². The minimum Gasteiger partial charge on any atom is -0.411 e. The number of hydrogen-bond donors (Lipinski definition) is 0. The van der Waals surface area contributed by atoms with Crippen LogP contribution in [0.25, 0.3) is 11.5 Å². The number of rotatable bonds is 6. The predicted molar refractivity (Wildman–Crippen MR) is 99.9 cm³/mol. The van der Waals surface area contributed by atoms with Gasteiger partial charge in [0.15, 0.2) is 5.78 Å². The van der Waals surface area contributed by atoms with Crippen LogP contribution in [0.1, 0.15) is 35.3 Å². The van der Waals surface area contributed by atoms with Crippen molar-refractivity contribution < 1.29 is 9.21 Å². The summed E-state index contributed by atoms with van der Waals surface area (Å²) in [6, 6.07) is 15.6. The molecule has 0 saturated heterocycles. The third-order valence-corrected chi connectivity index (χ3v) is 4.93. The van der Waals surface area contributed by atoms with Crippen molar-refractivity contribution in [1.82, 2.24) is 10.2 Å². The third-order valence-electron chi connectivity index (χ3n) is 4.00. The quantitative estimate of drug-likeness (QED) is 0.463. The van der Waals surface area contributed by atoms with Crippen molar-refractivity contribution in [2.75, 3.05) is 0 Å². The first-order valence-electron chi connectivity index (χ1n) is 8.27. The van der Waals surface area contributed by atoms with Gasteiger partial charge in [-0.05, 0) is 38.0 Å². The second-order valence-corrected chi connectivity index (χ2v) is 7.21. The zero-order valence-corrected chi connectivity index (χ0v) is 15.3. The smallest absolute Gasteiger partial charge is 0.277 e. The van der Waals surface area contributed by atoms with Crippen LogP contribution in [0.4, 0.5) is 0 Å². The molecule has 5 heteroatoms. The highest BCUT2D eigenvalue weighted by Crippen LogP contribution is 2.28. The molecule has 0 bridgehead atoms. The summed E-state index contributed by atoms with van der Waals surface area (Å²) in [6.07, 6.45) is 0.961. The fourth-order valence-corrected chi connectivity index (χ4v) is 3.17. The van der Waals surface area contributed by atoms with Crippen molar-refractivity contribution in [3.8, 4) is 11.5 Å². The molecule has 0 N–H and O–H groups in total. The molecule has 1 heterocycles. The molecule has 0 amide bonds. The van der Waals surface area contributed by atoms with E-state index in [-0.39, 0.29) is 11.0 Å². The molecule has 3 aromatic rings. The summed E-state index contributed by atoms with van der Waals surface area (Å²) >= 11 is 1.29. The van der Waals surface area contributed by atoms with Gasteiger partial charge < -0.3 is 4.42 Å². The first-order chi connectivity index (χ1) is 12.1. The standard InChI is InChI=1S/C20H20N2O2S/c1-4-15-7-11-16(12-8-15)18(23)14(3)25-20-22-21-19(24-20)17-9-5-13(2)6-10-17/h5-12,14H,4H2,1-3H3/t14-/m0/s1. The predicted octanol–water partition coefficient (Wildman–Crippen LogP) is 4.97. The maximum Gasteiger partial charge on any atom is 0.277 e. The van der Waals surface area contributed by atoms with E-state index in [4.69, 9.17) is 4.42 Å². The van der Waals surface area contributed by atoms with Crippen LogP contribution in [0.15, 0.2) is 58.2 Å². The Morgan fingerprint density at radius 1 is 1.08 bits per heavy atom. The number of ketones is 1. The average molecular weight is 352 g/mol. The minimum absolute atomic E-state index is 0.0581. The van der Waals surface area contributed by atoms with Crippen LogP contribution in [0.3, 0.4) is 0 Å². The highest BCUT2D eigenvalue weighted by Gasteiger charge is 2.20. The summed E-state index contributed by atoms with van der Waals surface area (Å²) < 4.78 is 5.69. The number of carbonyl (C=O) groups is 1. The van der Waals surface area contributed by atoms with Crippen LogP contribution in [-0.4, -0.2) is 21.2 Å². The van der Waals surface area contributed by atoms with Gasteiger partial charge in [-0.1, -0.05) is 60.6 Å². The Balaban J connectivity index is 1.69. The zero-order chi connectivity index (χ0) is 17.8. The number of thioether (sulfide) groups is 1. The molecule has 0 saturated carbocycles. The topological polar surface area (TPSA) is 56.0 Å². The Hall–Kier alpha value is -2.40. The molecule has 0 aliphatic carbocycles. The van der Waals surface area contributed by atoms with E-state index >= 15 is 0 Å². The third kappa shape index (κ3) is 4.17. The summed E-state index contributed by atoms with van der Waals surface area (Å²) in [7, 11) is 0. The molecule has 128 valence electrons. The van der Waals surface area contributed by atoms with Gasteiger partial charge in [-0.3, -0.25) is 4.79 Å². The number of aryl methyl sites for hydroxylation is 2. The van der Waals surface area contributed by atoms with Gasteiger partial charge in [0.2, 0.25) is 5.89 Å². The van der Waals surface area contributed by atoms with Crippen molar-refractivity contribution in [3.63, 3.8) is 0 Å². The molecule has 0 spiro atoms. The first kappa shape index (κ1) is 17.4. The summed E-state index contributed by atoms with van der Waals surface area (Å²) in [4.78, 5) is 12.6. The van der Waals surface area contributed by atoms with E-state index in [1.54, 1.807) is 0 Å². The van der Waals surface area contributed by atoms with Crippen LogP contribution in [-0.2, 0) is 6.42 Å². The molecule has 2 aromatic carbocycles. The summed E-state index contributed by atoms with van der Waals surface area (Å²) in [5, 5.41) is 8.24. The molecule has 3 rings (SSSR count). The normalized spacial score (nSPS) is 12.1. The lowest BCUT2D eigenvalue weighted by molar-refractivity contribution is 0.0993. The SMILES string of the molecule is CCc1ccc(C(=O)[C@H](C)Sc2nnc(-c3ccc(C)cc3)o2)cc1. The van der Waals surface area contributed by atoms with E-state index in [2.05, 4.69) is 17.1 Å². The molecule has 1 atom stereocenters. The molecule has 0 aliphatic heterocycles. The second-order valence-electron chi connectivity index (χ2n) is 5.91. The van der Waals surface area contributed by atoms with Gasteiger partial charge in [-0.25, -0.2) is 0 Å². The van der Waals surface area contributed by atoms with E-state index in [1.807, 2.05) is 62.4 Å². The van der Waals surface area contributed by atoms with Crippen LogP contribution in [0.2, 0.25) is 0 Å². The Bertz CT molecular complexity index is 854. The van der Waals surface area contributed by atoms with E-state index in [0.29, 0.717) is 16.7 Å². The molecule has 0 radical (unpaired) electrons. The minimum atomic E-state index is -0.293. The largest absolute Gasteiger partial charge is 0.411 e. The van der Waals surface area contributed by atoms with Gasteiger partial charge in [0.1, 0.15) is 0 Å². The molecule has 4 nitrogen and oxygen atoms in total. The molecule has 0 unspecified atom stereocenters. The van der Waals surface area contributed by atoms with Gasteiger partial charge >= 0.3 is 0 Å². The molecular formula is C20H20N2O2S. The van der Waals surface area contributed by atoms with E-state index in [9.17, 15) is 4.79 Å². The number of carbonyl (C=O) groups excluding carboxylic acids is 1. The van der Waals surface area contributed by atoms with Crippen LogP contribution >= 0.6 is 11.8 Å². The van der Waals surface area contributed by atoms with E-state index in [1.165, 1.54) is 22.9 Å². The average Bonchev–Trinajstić information content (AvgIpc) is 3.10. The maximum atomic E-state index is 12.6. The summed E-state index contributed by atoms with van der Waals surface area (Å²) in [5.74, 6) is 0.525. The highest BCUT2D eigenvalue weighted by molar-refractivity contribution is 8.00. The first-order valence-corrected chi connectivity index (χ1v) is 9.15. The number of benzene rings is 2. The Morgan fingerprint density at radius 3 is 2.40 bits per heavy atom. The van der Waals surface area contributed by atoms with Crippen molar-refractivity contribution in [3.05, 3.63) is 65.2 Å². The molecule has 0 fully saturated rings. The number of Topliss-reactive ketones (excluding diaryl/α,β-unsaturated/α-hetero) is 1. The van der Waals surface area contributed by atoms with Gasteiger partial charge in [0.05, 0.1) is 5.25 Å². The van der Waals surface area contributed by atoms with Gasteiger partial charge in [0.25, 0.3) is 5.22 Å². The van der Waals surface area contributed by atoms with Gasteiger partial charge in [-0.2, -0.15) is 0 Å². The molecule has 25 heavy (non-hydrogen) atoms. The van der Waals surface area contributed by atoms with Crippen LogP contribution in [0.5, 0.6) is 0 Å². The van der Waals surface area contributed by atoms with Gasteiger partial charge in [0, 0.05) is 11.1 Å². The number of nitrogens with zero attached hydrogens (tertiary/aromatic N) is 2. The lowest BCUT2D eigenvalue weighted by atomic mass is 10.1. The monoisotopic (exact) mass is 352 g/mol. The molecule has 1 aromatic heterocycles. The van der Waals surface area contributed by atoms with E-state index < -0.39 is 0 Å². The lowest BCUT2D eigenvalue weighted by Crippen LogP contribution is -2.13. The van der Waals surface area contributed by atoms with Crippen LogP contribution < -0.4 is 0 Å². The molecule has 0 aliphatic rings. The zero-order valence-electron chi connectivity index (χ0n) is 14.5. The summed E-state index contributed by atoms with van der Waals surface area (Å²) in [5.41, 5.74) is 3.97. The van der Waals surface area contributed by atoms with Gasteiger partial charge in [-0.15, -0.1) is 10.2 Å². The fourth-order valence-electron chi connectivity index (χ4n) is 2.41. The van der Waals surface area contributed by atoms with Crippen LogP contribution in [0, 0.1) is 6.92 Å². The highest BCUT2D eigenvalue weighted by atomic mass is 32.2. The number of aromatic nitrogens is 2. The maximum absolute atomic E-state index is 12.6. The second kappa shape index (κ2) is 7.66. The Labute approximate surface area is 151 Å².